The molecule has 0 radical (unpaired) electrons. The van der Waals surface area contributed by atoms with E-state index in [9.17, 15) is 4.79 Å². The van der Waals surface area contributed by atoms with Crippen molar-refractivity contribution >= 4 is 17.2 Å². The highest BCUT2D eigenvalue weighted by molar-refractivity contribution is 7.11. The molecule has 17 heavy (non-hydrogen) atoms. The lowest BCUT2D eigenvalue weighted by molar-refractivity contribution is -0.124. The van der Waals surface area contributed by atoms with Gasteiger partial charge in [-0.2, -0.15) is 0 Å². The number of hydrogen-bond acceptors (Lipinski definition) is 4. The van der Waals surface area contributed by atoms with Crippen LogP contribution in [-0.2, 0) is 4.79 Å². The average Bonchev–Trinajstić information content (AvgIpc) is 2.77. The normalized spacial score (nSPS) is 22.1. The smallest absolute Gasteiger partial charge is 0.237 e. The van der Waals surface area contributed by atoms with Gasteiger partial charge in [0.1, 0.15) is 5.01 Å². The van der Waals surface area contributed by atoms with Gasteiger partial charge in [-0.25, -0.2) is 4.98 Å². The van der Waals surface area contributed by atoms with E-state index in [0.717, 1.165) is 24.4 Å². The van der Waals surface area contributed by atoms with Crippen LogP contribution >= 0.6 is 11.3 Å². The summed E-state index contributed by atoms with van der Waals surface area (Å²) in [6, 6.07) is -0.0165. The highest BCUT2D eigenvalue weighted by atomic mass is 32.1. The van der Waals surface area contributed by atoms with Crippen molar-refractivity contribution in [1.82, 2.24) is 15.6 Å². The van der Waals surface area contributed by atoms with Gasteiger partial charge in [-0.05, 0) is 33.2 Å². The summed E-state index contributed by atoms with van der Waals surface area (Å²) in [5.74, 6) is 0.102. The lowest BCUT2D eigenvalue weighted by Crippen LogP contribution is -2.47. The molecule has 1 aliphatic rings. The van der Waals surface area contributed by atoms with Crippen molar-refractivity contribution in [3.05, 3.63) is 16.1 Å². The summed E-state index contributed by atoms with van der Waals surface area (Å²) in [6.45, 7) is 4.96. The minimum absolute atomic E-state index is 0.00456. The molecule has 0 spiro atoms. The van der Waals surface area contributed by atoms with Gasteiger partial charge in [0.2, 0.25) is 5.91 Å². The second kappa shape index (κ2) is 5.60. The first kappa shape index (κ1) is 12.5. The molecule has 1 aliphatic heterocycles. The fraction of sp³-hybridized carbons (Fsp3) is 0.667. The Kier molecular flexibility index (Phi) is 4.12. The molecule has 0 aromatic carbocycles. The summed E-state index contributed by atoms with van der Waals surface area (Å²) in [5.41, 5.74) is 0. The SMILES string of the molecule is Cc1cnc(C(C)NC(=O)C2CCCCN2)s1. The zero-order valence-electron chi connectivity index (χ0n) is 10.3. The lowest BCUT2D eigenvalue weighted by Gasteiger charge is -2.24. The minimum Gasteiger partial charge on any atom is -0.346 e. The zero-order valence-corrected chi connectivity index (χ0v) is 11.1. The predicted molar refractivity (Wildman–Crippen MR) is 69.1 cm³/mol. The molecule has 2 rings (SSSR count). The fourth-order valence-corrected chi connectivity index (χ4v) is 2.80. The third-order valence-electron chi connectivity index (χ3n) is 3.00. The molecular formula is C12H19N3OS. The number of nitrogens with zero attached hydrogens (tertiary/aromatic N) is 1. The van der Waals surface area contributed by atoms with Gasteiger partial charge in [-0.15, -0.1) is 11.3 Å². The van der Waals surface area contributed by atoms with E-state index in [1.54, 1.807) is 11.3 Å². The monoisotopic (exact) mass is 253 g/mol. The molecule has 1 aromatic heterocycles. The largest absolute Gasteiger partial charge is 0.346 e. The van der Waals surface area contributed by atoms with E-state index in [4.69, 9.17) is 0 Å². The summed E-state index contributed by atoms with van der Waals surface area (Å²) >= 11 is 1.64. The first-order valence-electron chi connectivity index (χ1n) is 6.13. The van der Waals surface area contributed by atoms with Crippen molar-refractivity contribution in [2.75, 3.05) is 6.54 Å². The number of nitrogens with one attached hydrogen (secondary N) is 2. The molecular weight excluding hydrogens is 234 g/mol. The van der Waals surface area contributed by atoms with Crippen LogP contribution in [0.4, 0.5) is 0 Å². The van der Waals surface area contributed by atoms with Crippen LogP contribution in [0.5, 0.6) is 0 Å². The van der Waals surface area contributed by atoms with E-state index in [1.165, 1.54) is 11.3 Å². The van der Waals surface area contributed by atoms with Crippen molar-refractivity contribution in [2.45, 2.75) is 45.2 Å². The van der Waals surface area contributed by atoms with Gasteiger partial charge in [-0.3, -0.25) is 4.79 Å². The van der Waals surface area contributed by atoms with Crippen molar-refractivity contribution in [3.63, 3.8) is 0 Å². The van der Waals surface area contributed by atoms with Crippen molar-refractivity contribution in [1.29, 1.82) is 0 Å². The molecule has 5 heteroatoms. The Labute approximate surface area is 106 Å². The van der Waals surface area contributed by atoms with Crippen LogP contribution < -0.4 is 10.6 Å². The van der Waals surface area contributed by atoms with Crippen molar-refractivity contribution in [2.24, 2.45) is 0 Å². The molecule has 2 atom stereocenters. The van der Waals surface area contributed by atoms with Crippen LogP contribution in [0.3, 0.4) is 0 Å². The van der Waals surface area contributed by atoms with E-state index in [-0.39, 0.29) is 18.0 Å². The van der Waals surface area contributed by atoms with E-state index >= 15 is 0 Å². The molecule has 1 aromatic rings. The van der Waals surface area contributed by atoms with Gasteiger partial charge in [0.05, 0.1) is 12.1 Å². The Hall–Kier alpha value is -0.940. The number of carbonyl (C=O) groups is 1. The maximum atomic E-state index is 12.0. The van der Waals surface area contributed by atoms with E-state index < -0.39 is 0 Å². The summed E-state index contributed by atoms with van der Waals surface area (Å²) in [4.78, 5) is 17.5. The molecule has 4 nitrogen and oxygen atoms in total. The number of amides is 1. The van der Waals surface area contributed by atoms with E-state index in [0.29, 0.717) is 0 Å². The van der Waals surface area contributed by atoms with E-state index in [2.05, 4.69) is 15.6 Å². The van der Waals surface area contributed by atoms with Gasteiger partial charge in [-0.1, -0.05) is 6.42 Å². The maximum Gasteiger partial charge on any atom is 0.237 e. The second-order valence-electron chi connectivity index (χ2n) is 4.54. The van der Waals surface area contributed by atoms with Crippen LogP contribution in [0, 0.1) is 6.92 Å². The first-order chi connectivity index (χ1) is 8.16. The highest BCUT2D eigenvalue weighted by Crippen LogP contribution is 2.19. The van der Waals surface area contributed by atoms with Crippen molar-refractivity contribution < 1.29 is 4.79 Å². The standard InChI is InChI=1S/C12H19N3OS/c1-8-7-14-12(17-8)9(2)15-11(16)10-5-3-4-6-13-10/h7,9-10,13H,3-6H2,1-2H3,(H,15,16). The molecule has 1 amide bonds. The third-order valence-corrected chi connectivity index (χ3v) is 4.09. The predicted octanol–water partition coefficient (Wildman–Crippen LogP) is 1.77. The van der Waals surface area contributed by atoms with Crippen molar-refractivity contribution in [3.8, 4) is 0 Å². The molecule has 0 aliphatic carbocycles. The topological polar surface area (TPSA) is 54.0 Å². The van der Waals surface area contributed by atoms with Crippen LogP contribution in [0.1, 0.15) is 42.1 Å². The molecule has 2 heterocycles. The number of aryl methyl sites for hydroxylation is 1. The maximum absolute atomic E-state index is 12.0. The molecule has 0 bridgehead atoms. The number of rotatable bonds is 3. The number of aromatic nitrogens is 1. The third kappa shape index (κ3) is 3.26. The average molecular weight is 253 g/mol. The van der Waals surface area contributed by atoms with Crippen LogP contribution in [0.25, 0.3) is 0 Å². The Balaban J connectivity index is 1.89. The highest BCUT2D eigenvalue weighted by Gasteiger charge is 2.22. The molecule has 1 fully saturated rings. The Morgan fingerprint density at radius 3 is 3.06 bits per heavy atom. The van der Waals surface area contributed by atoms with Gasteiger partial charge < -0.3 is 10.6 Å². The molecule has 0 saturated carbocycles. The van der Waals surface area contributed by atoms with Crippen LogP contribution in [-0.4, -0.2) is 23.5 Å². The molecule has 2 N–H and O–H groups in total. The molecule has 2 unspecified atom stereocenters. The van der Waals surface area contributed by atoms with Gasteiger partial charge in [0, 0.05) is 11.1 Å². The van der Waals surface area contributed by atoms with Gasteiger partial charge >= 0.3 is 0 Å². The minimum atomic E-state index is -0.0211. The number of carbonyl (C=O) groups excluding carboxylic acids is 1. The fourth-order valence-electron chi connectivity index (χ4n) is 2.02. The van der Waals surface area contributed by atoms with Crippen LogP contribution in [0.15, 0.2) is 6.20 Å². The summed E-state index contributed by atoms with van der Waals surface area (Å²) < 4.78 is 0. The molecule has 94 valence electrons. The van der Waals surface area contributed by atoms with E-state index in [1.807, 2.05) is 20.0 Å². The van der Waals surface area contributed by atoms with Gasteiger partial charge in [0.25, 0.3) is 0 Å². The number of piperidine rings is 1. The zero-order chi connectivity index (χ0) is 12.3. The summed E-state index contributed by atoms with van der Waals surface area (Å²) in [7, 11) is 0. The Bertz CT molecular complexity index is 385. The second-order valence-corrected chi connectivity index (χ2v) is 5.81. The van der Waals surface area contributed by atoms with Crippen LogP contribution in [0.2, 0.25) is 0 Å². The summed E-state index contributed by atoms with van der Waals surface area (Å²) in [5, 5.41) is 7.26. The quantitative estimate of drug-likeness (QED) is 0.863. The van der Waals surface area contributed by atoms with Gasteiger partial charge in [0.15, 0.2) is 0 Å². The molecule has 1 saturated heterocycles. The first-order valence-corrected chi connectivity index (χ1v) is 6.94. The Morgan fingerprint density at radius 2 is 2.47 bits per heavy atom. The number of thiazole rings is 1. The number of hydrogen-bond donors (Lipinski definition) is 2. The Morgan fingerprint density at radius 1 is 1.65 bits per heavy atom. The lowest BCUT2D eigenvalue weighted by atomic mass is 10.0. The summed E-state index contributed by atoms with van der Waals surface area (Å²) in [6.07, 6.45) is 5.10.